The zero-order valence-corrected chi connectivity index (χ0v) is 21.2. The number of amides is 1. The summed E-state index contributed by atoms with van der Waals surface area (Å²) < 4.78 is 13.7. The van der Waals surface area contributed by atoms with Gasteiger partial charge in [-0.1, -0.05) is 32.9 Å². The van der Waals surface area contributed by atoms with Crippen LogP contribution in [0, 0.1) is 16.7 Å². The fourth-order valence-electron chi connectivity index (χ4n) is 8.18. The minimum atomic E-state index is 0.173. The number of ether oxygens (including phenoxy) is 2. The number of para-hydroxylation sites is 1. The van der Waals surface area contributed by atoms with Crippen molar-refractivity contribution in [3.8, 4) is 5.75 Å². The number of benzene rings is 1. The van der Waals surface area contributed by atoms with Crippen LogP contribution < -0.4 is 4.74 Å². The highest BCUT2D eigenvalue weighted by Crippen LogP contribution is 2.64. The Morgan fingerprint density at radius 2 is 1.91 bits per heavy atom. The molecule has 3 heterocycles. The van der Waals surface area contributed by atoms with E-state index in [1.807, 2.05) is 12.1 Å². The van der Waals surface area contributed by atoms with Gasteiger partial charge >= 0.3 is 0 Å². The fraction of sp³-hybridized carbons (Fsp3) is 0.679. The van der Waals surface area contributed by atoms with Crippen molar-refractivity contribution >= 4 is 16.8 Å². The van der Waals surface area contributed by atoms with E-state index in [2.05, 4.69) is 41.2 Å². The summed E-state index contributed by atoms with van der Waals surface area (Å²) in [4.78, 5) is 19.0. The number of rotatable bonds is 5. The lowest BCUT2D eigenvalue weighted by Crippen LogP contribution is -2.56. The largest absolute Gasteiger partial charge is 0.495 e. The minimum Gasteiger partial charge on any atom is -0.495 e. The van der Waals surface area contributed by atoms with Gasteiger partial charge < -0.3 is 18.9 Å². The Balaban J connectivity index is 1.40. The first-order valence-corrected chi connectivity index (χ1v) is 13.1. The van der Waals surface area contributed by atoms with Crippen LogP contribution in [0.4, 0.5) is 0 Å². The summed E-state index contributed by atoms with van der Waals surface area (Å²) in [6, 6.07) is 6.50. The fourth-order valence-corrected chi connectivity index (χ4v) is 8.18. The highest BCUT2D eigenvalue weighted by Gasteiger charge is 2.62. The van der Waals surface area contributed by atoms with Crippen LogP contribution in [0.15, 0.2) is 18.2 Å². The van der Waals surface area contributed by atoms with E-state index in [1.165, 1.54) is 25.0 Å². The SMILES string of the molecule is COc1cccc2c3c(n(CCN4CCOCC4)c12)CCN(C1C2(C)CCC(C2)C1(C)C)C3=O. The predicted octanol–water partition coefficient (Wildman–Crippen LogP) is 4.20. The number of nitrogens with zero attached hydrogens (tertiary/aromatic N) is 3. The standard InChI is InChI=1S/C28H39N3O3/c1-27(2)19-8-10-28(3,18-19)26(27)31-11-9-21-23(25(31)32)20-6-5-7-22(33-4)24(20)30(21)13-12-29-14-16-34-17-15-29/h5-7,19,26H,8-18H2,1-4H3. The molecule has 0 N–H and O–H groups in total. The Morgan fingerprint density at radius 1 is 1.12 bits per heavy atom. The third kappa shape index (κ3) is 3.17. The molecule has 2 aliphatic heterocycles. The number of morpholine rings is 1. The molecule has 34 heavy (non-hydrogen) atoms. The molecule has 2 saturated carbocycles. The lowest BCUT2D eigenvalue weighted by Gasteiger charge is -2.50. The Morgan fingerprint density at radius 3 is 2.62 bits per heavy atom. The summed E-state index contributed by atoms with van der Waals surface area (Å²) in [5.41, 5.74) is 3.61. The number of methoxy groups -OCH3 is 1. The maximum Gasteiger partial charge on any atom is 0.256 e. The lowest BCUT2D eigenvalue weighted by molar-refractivity contribution is 0.00466. The van der Waals surface area contributed by atoms with Crippen LogP contribution in [0.5, 0.6) is 5.75 Å². The molecule has 3 atom stereocenters. The van der Waals surface area contributed by atoms with E-state index in [9.17, 15) is 4.79 Å². The molecule has 2 aromatic rings. The molecule has 0 radical (unpaired) electrons. The molecule has 1 aromatic carbocycles. The third-order valence-electron chi connectivity index (χ3n) is 9.69. The molecule has 184 valence electrons. The van der Waals surface area contributed by atoms with Crippen molar-refractivity contribution in [1.82, 2.24) is 14.4 Å². The number of hydrogen-bond donors (Lipinski definition) is 0. The van der Waals surface area contributed by atoms with Gasteiger partial charge in [0.25, 0.3) is 5.91 Å². The molecule has 6 nitrogen and oxygen atoms in total. The van der Waals surface area contributed by atoms with E-state index in [4.69, 9.17) is 9.47 Å². The van der Waals surface area contributed by atoms with E-state index in [0.29, 0.717) is 6.04 Å². The van der Waals surface area contributed by atoms with Crippen LogP contribution in [0.3, 0.4) is 0 Å². The maximum absolute atomic E-state index is 14.3. The molecule has 2 bridgehead atoms. The van der Waals surface area contributed by atoms with Crippen LogP contribution in [0.2, 0.25) is 0 Å². The summed E-state index contributed by atoms with van der Waals surface area (Å²) in [6.45, 7) is 13.5. The minimum absolute atomic E-state index is 0.173. The van der Waals surface area contributed by atoms with Crippen molar-refractivity contribution in [3.63, 3.8) is 0 Å². The average Bonchev–Trinajstić information content (AvgIpc) is 3.44. The van der Waals surface area contributed by atoms with Crippen molar-refractivity contribution in [2.75, 3.05) is 46.5 Å². The van der Waals surface area contributed by atoms with Crippen molar-refractivity contribution in [2.45, 2.75) is 59.0 Å². The molecule has 2 aliphatic carbocycles. The topological polar surface area (TPSA) is 46.9 Å². The van der Waals surface area contributed by atoms with Gasteiger partial charge in [-0.05, 0) is 42.1 Å². The smallest absolute Gasteiger partial charge is 0.256 e. The third-order valence-corrected chi connectivity index (χ3v) is 9.69. The first-order valence-electron chi connectivity index (χ1n) is 13.1. The van der Waals surface area contributed by atoms with Gasteiger partial charge in [-0.3, -0.25) is 9.69 Å². The molecule has 6 heteroatoms. The van der Waals surface area contributed by atoms with Crippen LogP contribution in [-0.2, 0) is 17.7 Å². The van der Waals surface area contributed by atoms with Gasteiger partial charge in [0, 0.05) is 56.3 Å². The van der Waals surface area contributed by atoms with Gasteiger partial charge in [-0.25, -0.2) is 0 Å². The van der Waals surface area contributed by atoms with E-state index in [-0.39, 0.29) is 16.7 Å². The van der Waals surface area contributed by atoms with E-state index < -0.39 is 0 Å². The second-order valence-corrected chi connectivity index (χ2v) is 11.8. The monoisotopic (exact) mass is 465 g/mol. The van der Waals surface area contributed by atoms with Crippen molar-refractivity contribution < 1.29 is 14.3 Å². The summed E-state index contributed by atoms with van der Waals surface area (Å²) in [5, 5.41) is 1.05. The second-order valence-electron chi connectivity index (χ2n) is 11.8. The number of fused-ring (bicyclic) bond motifs is 5. The summed E-state index contributed by atoms with van der Waals surface area (Å²) in [7, 11) is 1.74. The van der Waals surface area contributed by atoms with Gasteiger partial charge in [0.2, 0.25) is 0 Å². The number of carbonyl (C=O) groups excluding carboxylic acids is 1. The highest BCUT2D eigenvalue weighted by atomic mass is 16.5. The van der Waals surface area contributed by atoms with E-state index in [1.54, 1.807) is 7.11 Å². The molecule has 1 aromatic heterocycles. The van der Waals surface area contributed by atoms with Crippen molar-refractivity contribution in [1.29, 1.82) is 0 Å². The molecule has 1 saturated heterocycles. The van der Waals surface area contributed by atoms with E-state index in [0.717, 1.165) is 80.5 Å². The number of aromatic nitrogens is 1. The zero-order chi connectivity index (χ0) is 23.7. The maximum atomic E-state index is 14.3. The zero-order valence-electron chi connectivity index (χ0n) is 21.2. The van der Waals surface area contributed by atoms with Crippen LogP contribution in [0.1, 0.15) is 56.1 Å². The molecule has 6 rings (SSSR count). The van der Waals surface area contributed by atoms with Crippen molar-refractivity contribution in [3.05, 3.63) is 29.5 Å². The quantitative estimate of drug-likeness (QED) is 0.664. The molecule has 0 spiro atoms. The number of carbonyl (C=O) groups is 1. The molecule has 3 fully saturated rings. The normalized spacial score (nSPS) is 30.8. The first kappa shape index (κ1) is 22.4. The summed E-state index contributed by atoms with van der Waals surface area (Å²) >= 11 is 0. The first-order chi connectivity index (χ1) is 16.3. The Labute approximate surface area is 203 Å². The second kappa shape index (κ2) is 7.99. The molecular weight excluding hydrogens is 426 g/mol. The Hall–Kier alpha value is -2.05. The van der Waals surface area contributed by atoms with Crippen molar-refractivity contribution in [2.24, 2.45) is 16.7 Å². The van der Waals surface area contributed by atoms with Gasteiger partial charge in [0.05, 0.1) is 31.4 Å². The molecular formula is C28H39N3O3. The Bertz CT molecular complexity index is 1110. The van der Waals surface area contributed by atoms with Gasteiger partial charge in [-0.2, -0.15) is 0 Å². The average molecular weight is 466 g/mol. The Kier molecular flexibility index (Phi) is 5.27. The summed E-state index contributed by atoms with van der Waals surface area (Å²) in [6.07, 6.45) is 4.73. The van der Waals surface area contributed by atoms with Gasteiger partial charge in [-0.15, -0.1) is 0 Å². The van der Waals surface area contributed by atoms with Crippen LogP contribution >= 0.6 is 0 Å². The highest BCUT2D eigenvalue weighted by molar-refractivity contribution is 6.10. The van der Waals surface area contributed by atoms with Gasteiger partial charge in [0.1, 0.15) is 5.75 Å². The van der Waals surface area contributed by atoms with Crippen LogP contribution in [0.25, 0.3) is 10.9 Å². The molecule has 1 amide bonds. The van der Waals surface area contributed by atoms with Crippen LogP contribution in [-0.4, -0.2) is 72.8 Å². The lowest BCUT2D eigenvalue weighted by atomic mass is 9.67. The molecule has 4 aliphatic rings. The predicted molar refractivity (Wildman–Crippen MR) is 134 cm³/mol. The van der Waals surface area contributed by atoms with Gasteiger partial charge in [0.15, 0.2) is 0 Å². The number of hydrogen-bond acceptors (Lipinski definition) is 4. The summed E-state index contributed by atoms with van der Waals surface area (Å²) in [5.74, 6) is 1.82. The molecule has 3 unspecified atom stereocenters. The van der Waals surface area contributed by atoms with E-state index >= 15 is 0 Å².